The van der Waals surface area contributed by atoms with Crippen molar-refractivity contribution in [2.45, 2.75) is 6.92 Å². The number of rotatable bonds is 4. The molecule has 0 radical (unpaired) electrons. The molecule has 96 valence electrons. The molecule has 0 spiro atoms. The van der Waals surface area contributed by atoms with E-state index < -0.39 is 0 Å². The lowest BCUT2D eigenvalue weighted by Crippen LogP contribution is -2.29. The van der Waals surface area contributed by atoms with E-state index in [1.54, 1.807) is 0 Å². The summed E-state index contributed by atoms with van der Waals surface area (Å²) in [5.74, 6) is -0.618. The van der Waals surface area contributed by atoms with Crippen LogP contribution in [0.15, 0.2) is 28.7 Å². The topological polar surface area (TPSA) is 62.5 Å². The molecule has 0 saturated carbocycles. The Morgan fingerprint density at radius 3 is 3.00 bits per heavy atom. The first-order valence-corrected chi connectivity index (χ1v) is 5.68. The second kappa shape index (κ2) is 5.18. The maximum atomic E-state index is 13.0. The van der Waals surface area contributed by atoms with Crippen molar-refractivity contribution < 1.29 is 18.7 Å². The molecule has 1 aromatic carbocycles. The third kappa shape index (κ3) is 2.68. The van der Waals surface area contributed by atoms with Crippen molar-refractivity contribution in [1.29, 1.82) is 0 Å². The third-order valence-electron chi connectivity index (χ3n) is 2.62. The SMILES string of the molecule is CC(CO)CNC(=O)c1cc2cc(F)ccc2o1. The quantitative estimate of drug-likeness (QED) is 0.872. The highest BCUT2D eigenvalue weighted by molar-refractivity contribution is 5.96. The lowest BCUT2D eigenvalue weighted by atomic mass is 10.2. The summed E-state index contributed by atoms with van der Waals surface area (Å²) in [6.45, 7) is 2.18. The van der Waals surface area contributed by atoms with Crippen molar-refractivity contribution in [3.63, 3.8) is 0 Å². The van der Waals surface area contributed by atoms with Crippen molar-refractivity contribution in [2.24, 2.45) is 5.92 Å². The van der Waals surface area contributed by atoms with Crippen LogP contribution in [-0.4, -0.2) is 24.2 Å². The molecule has 0 aliphatic rings. The Morgan fingerprint density at radius 1 is 1.50 bits per heavy atom. The summed E-state index contributed by atoms with van der Waals surface area (Å²) in [4.78, 5) is 11.7. The smallest absolute Gasteiger partial charge is 0.287 e. The first-order chi connectivity index (χ1) is 8.60. The molecule has 0 aliphatic carbocycles. The average Bonchev–Trinajstić information content (AvgIpc) is 2.78. The van der Waals surface area contributed by atoms with Crippen LogP contribution in [0.3, 0.4) is 0 Å². The molecule has 0 fully saturated rings. The van der Waals surface area contributed by atoms with Crippen LogP contribution < -0.4 is 5.32 Å². The van der Waals surface area contributed by atoms with E-state index in [1.807, 2.05) is 6.92 Å². The van der Waals surface area contributed by atoms with Crippen molar-refractivity contribution in [1.82, 2.24) is 5.32 Å². The molecule has 5 heteroatoms. The fraction of sp³-hybridized carbons (Fsp3) is 0.308. The lowest BCUT2D eigenvalue weighted by Gasteiger charge is -2.07. The predicted molar refractivity (Wildman–Crippen MR) is 64.8 cm³/mol. The number of carbonyl (C=O) groups is 1. The number of furan rings is 1. The highest BCUT2D eigenvalue weighted by Crippen LogP contribution is 2.20. The Balaban J connectivity index is 2.13. The second-order valence-corrected chi connectivity index (χ2v) is 4.29. The van der Waals surface area contributed by atoms with Crippen LogP contribution in [-0.2, 0) is 0 Å². The summed E-state index contributed by atoms with van der Waals surface area (Å²) in [6.07, 6.45) is 0. The number of hydrogen-bond acceptors (Lipinski definition) is 3. The standard InChI is InChI=1S/C13H14FNO3/c1-8(7-16)6-15-13(17)12-5-9-4-10(14)2-3-11(9)18-12/h2-5,8,16H,6-7H2,1H3,(H,15,17). The minimum absolute atomic E-state index is 0.00558. The molecule has 1 heterocycles. The van der Waals surface area contributed by atoms with Gasteiger partial charge in [0.2, 0.25) is 0 Å². The van der Waals surface area contributed by atoms with Gasteiger partial charge in [-0.2, -0.15) is 0 Å². The maximum Gasteiger partial charge on any atom is 0.287 e. The number of nitrogens with one attached hydrogen (secondary N) is 1. The normalized spacial score (nSPS) is 12.6. The van der Waals surface area contributed by atoms with E-state index in [1.165, 1.54) is 24.3 Å². The summed E-state index contributed by atoms with van der Waals surface area (Å²) in [5.41, 5.74) is 0.469. The molecule has 0 bridgehead atoms. The van der Waals surface area contributed by atoms with Crippen LogP contribution in [0, 0.1) is 11.7 Å². The lowest BCUT2D eigenvalue weighted by molar-refractivity contribution is 0.0916. The molecule has 4 nitrogen and oxygen atoms in total. The first kappa shape index (κ1) is 12.6. The van der Waals surface area contributed by atoms with E-state index >= 15 is 0 Å². The number of hydrogen-bond donors (Lipinski definition) is 2. The van der Waals surface area contributed by atoms with E-state index in [2.05, 4.69) is 5.32 Å². The zero-order chi connectivity index (χ0) is 13.1. The summed E-state index contributed by atoms with van der Waals surface area (Å²) >= 11 is 0. The number of aliphatic hydroxyl groups excluding tert-OH is 1. The monoisotopic (exact) mass is 251 g/mol. The van der Waals surface area contributed by atoms with Gasteiger partial charge in [-0.15, -0.1) is 0 Å². The Morgan fingerprint density at radius 2 is 2.28 bits per heavy atom. The number of amides is 1. The van der Waals surface area contributed by atoms with Gasteiger partial charge in [0.25, 0.3) is 5.91 Å². The Kier molecular flexibility index (Phi) is 3.62. The summed E-state index contributed by atoms with van der Waals surface area (Å²) in [6, 6.07) is 5.57. The van der Waals surface area contributed by atoms with E-state index in [0.29, 0.717) is 17.5 Å². The number of fused-ring (bicyclic) bond motifs is 1. The minimum atomic E-state index is -0.371. The second-order valence-electron chi connectivity index (χ2n) is 4.29. The number of benzene rings is 1. The highest BCUT2D eigenvalue weighted by atomic mass is 19.1. The molecule has 1 aromatic heterocycles. The van der Waals surface area contributed by atoms with E-state index in [-0.39, 0.29) is 30.0 Å². The minimum Gasteiger partial charge on any atom is -0.451 e. The van der Waals surface area contributed by atoms with E-state index in [9.17, 15) is 9.18 Å². The molecule has 2 rings (SSSR count). The Bertz CT molecular complexity index is 564. The highest BCUT2D eigenvalue weighted by Gasteiger charge is 2.13. The van der Waals surface area contributed by atoms with Gasteiger partial charge in [-0.1, -0.05) is 6.92 Å². The fourth-order valence-corrected chi connectivity index (χ4v) is 1.54. The van der Waals surface area contributed by atoms with Crippen molar-refractivity contribution in [2.75, 3.05) is 13.2 Å². The third-order valence-corrected chi connectivity index (χ3v) is 2.62. The predicted octanol–water partition coefficient (Wildman–Crippen LogP) is 1.93. The largest absolute Gasteiger partial charge is 0.451 e. The molecule has 0 saturated heterocycles. The van der Waals surface area contributed by atoms with Gasteiger partial charge in [0.15, 0.2) is 5.76 Å². The number of carbonyl (C=O) groups excluding carboxylic acids is 1. The Labute approximate surface area is 103 Å². The molecule has 0 aliphatic heterocycles. The van der Waals surface area contributed by atoms with Crippen LogP contribution in [0.2, 0.25) is 0 Å². The molecular weight excluding hydrogens is 237 g/mol. The van der Waals surface area contributed by atoms with Gasteiger partial charge >= 0.3 is 0 Å². The van der Waals surface area contributed by atoms with Crippen molar-refractivity contribution >= 4 is 16.9 Å². The molecular formula is C13H14FNO3. The Hall–Kier alpha value is -1.88. The van der Waals surface area contributed by atoms with Crippen LogP contribution in [0.4, 0.5) is 4.39 Å². The van der Waals surface area contributed by atoms with Crippen LogP contribution in [0.1, 0.15) is 17.5 Å². The molecule has 2 aromatic rings. The van der Waals surface area contributed by atoms with Crippen LogP contribution >= 0.6 is 0 Å². The van der Waals surface area contributed by atoms with Gasteiger partial charge in [-0.05, 0) is 30.2 Å². The van der Waals surface area contributed by atoms with Gasteiger partial charge in [0.05, 0.1) is 0 Å². The molecule has 2 N–H and O–H groups in total. The van der Waals surface area contributed by atoms with Gasteiger partial charge in [-0.3, -0.25) is 4.79 Å². The zero-order valence-corrected chi connectivity index (χ0v) is 9.94. The molecule has 1 unspecified atom stereocenters. The maximum absolute atomic E-state index is 13.0. The van der Waals surface area contributed by atoms with Crippen LogP contribution in [0.25, 0.3) is 11.0 Å². The number of halogens is 1. The van der Waals surface area contributed by atoms with Gasteiger partial charge in [0.1, 0.15) is 11.4 Å². The van der Waals surface area contributed by atoms with Gasteiger partial charge in [0, 0.05) is 18.5 Å². The van der Waals surface area contributed by atoms with Gasteiger partial charge < -0.3 is 14.8 Å². The molecule has 18 heavy (non-hydrogen) atoms. The van der Waals surface area contributed by atoms with Gasteiger partial charge in [-0.25, -0.2) is 4.39 Å². The van der Waals surface area contributed by atoms with Crippen molar-refractivity contribution in [3.05, 3.63) is 35.8 Å². The van der Waals surface area contributed by atoms with E-state index in [4.69, 9.17) is 9.52 Å². The average molecular weight is 251 g/mol. The summed E-state index contributed by atoms with van der Waals surface area (Å²) < 4.78 is 18.3. The van der Waals surface area contributed by atoms with E-state index in [0.717, 1.165) is 0 Å². The fourth-order valence-electron chi connectivity index (χ4n) is 1.54. The molecule has 1 atom stereocenters. The zero-order valence-electron chi connectivity index (χ0n) is 9.94. The number of aliphatic hydroxyl groups is 1. The van der Waals surface area contributed by atoms with Crippen LogP contribution in [0.5, 0.6) is 0 Å². The summed E-state index contributed by atoms with van der Waals surface area (Å²) in [5, 5.41) is 12.0. The molecule has 1 amide bonds. The van der Waals surface area contributed by atoms with Crippen molar-refractivity contribution in [3.8, 4) is 0 Å². The summed E-state index contributed by atoms with van der Waals surface area (Å²) in [7, 11) is 0. The first-order valence-electron chi connectivity index (χ1n) is 5.68.